The van der Waals surface area contributed by atoms with E-state index in [9.17, 15) is 10.1 Å². The number of rotatable bonds is 5. The van der Waals surface area contributed by atoms with Crippen molar-refractivity contribution in [3.05, 3.63) is 33.3 Å². The molecule has 2 fully saturated rings. The van der Waals surface area contributed by atoms with Crippen LogP contribution >= 0.6 is 23.4 Å². The van der Waals surface area contributed by atoms with Gasteiger partial charge >= 0.3 is 0 Å². The molecule has 0 unspecified atom stereocenters. The quantitative estimate of drug-likeness (QED) is 0.645. The van der Waals surface area contributed by atoms with Gasteiger partial charge in [-0.25, -0.2) is 0 Å². The number of hydrogen-bond acceptors (Lipinski definition) is 6. The molecule has 0 bridgehead atoms. The Balaban J connectivity index is 1.70. The zero-order chi connectivity index (χ0) is 16.3. The zero-order valence-electron chi connectivity index (χ0n) is 12.8. The van der Waals surface area contributed by atoms with E-state index in [1.165, 1.54) is 12.1 Å². The van der Waals surface area contributed by atoms with Crippen LogP contribution in [0.15, 0.2) is 18.2 Å². The van der Waals surface area contributed by atoms with Crippen LogP contribution in [0.1, 0.15) is 6.42 Å². The summed E-state index contributed by atoms with van der Waals surface area (Å²) in [5.41, 5.74) is 0.876. The van der Waals surface area contributed by atoms with Crippen LogP contribution in [0.4, 0.5) is 11.4 Å². The second-order valence-electron chi connectivity index (χ2n) is 5.90. The highest BCUT2D eigenvalue weighted by atomic mass is 35.5. The minimum atomic E-state index is -0.432. The molecule has 2 saturated heterocycles. The Kier molecular flexibility index (Phi) is 5.31. The molecule has 1 aromatic carbocycles. The molecule has 126 valence electrons. The molecule has 6 nitrogen and oxygen atoms in total. The Morgan fingerprint density at radius 2 is 2.22 bits per heavy atom. The number of nitro benzene ring substituents is 1. The first-order chi connectivity index (χ1) is 11.1. The fourth-order valence-electron chi connectivity index (χ4n) is 3.16. The zero-order valence-corrected chi connectivity index (χ0v) is 14.4. The number of morpholine rings is 1. The van der Waals surface area contributed by atoms with Crippen LogP contribution in [0.3, 0.4) is 0 Å². The van der Waals surface area contributed by atoms with Crippen LogP contribution in [0.25, 0.3) is 0 Å². The number of nitrogens with one attached hydrogen (secondary N) is 1. The molecule has 0 aromatic heterocycles. The number of nitro groups is 1. The lowest BCUT2D eigenvalue weighted by molar-refractivity contribution is -0.384. The SMILES string of the molecule is O=[N+]([O-])c1ccc(NC[C@@]2(N3CCOCC3)CCSC2)c(Cl)c1. The highest BCUT2D eigenvalue weighted by Gasteiger charge is 2.40. The van der Waals surface area contributed by atoms with Gasteiger partial charge in [0.1, 0.15) is 0 Å². The Hall–Kier alpha value is -1.02. The third-order valence-electron chi connectivity index (χ3n) is 4.54. The lowest BCUT2D eigenvalue weighted by Crippen LogP contribution is -2.57. The molecule has 2 aliphatic rings. The van der Waals surface area contributed by atoms with Crippen molar-refractivity contribution in [3.8, 4) is 0 Å². The van der Waals surface area contributed by atoms with Gasteiger partial charge in [0, 0.05) is 43.1 Å². The van der Waals surface area contributed by atoms with Gasteiger partial charge in [-0.1, -0.05) is 11.6 Å². The maximum absolute atomic E-state index is 10.8. The van der Waals surface area contributed by atoms with Gasteiger partial charge in [0.25, 0.3) is 5.69 Å². The van der Waals surface area contributed by atoms with E-state index in [4.69, 9.17) is 16.3 Å². The minimum absolute atomic E-state index is 0.0138. The Morgan fingerprint density at radius 1 is 1.43 bits per heavy atom. The van der Waals surface area contributed by atoms with Gasteiger partial charge in [0.15, 0.2) is 0 Å². The standard InChI is InChI=1S/C15H20ClN3O3S/c16-13-9-12(19(20)21)1-2-14(13)17-10-15(3-8-23-11-15)18-4-6-22-7-5-18/h1-2,9,17H,3-8,10-11H2/t15-/m0/s1. The molecule has 2 aliphatic heterocycles. The Morgan fingerprint density at radius 3 is 2.83 bits per heavy atom. The number of hydrogen-bond donors (Lipinski definition) is 1. The summed E-state index contributed by atoms with van der Waals surface area (Å²) in [4.78, 5) is 12.9. The van der Waals surface area contributed by atoms with Crippen LogP contribution in [0, 0.1) is 10.1 Å². The van der Waals surface area contributed by atoms with Gasteiger partial charge < -0.3 is 10.1 Å². The van der Waals surface area contributed by atoms with Gasteiger partial charge in [0.2, 0.25) is 0 Å². The largest absolute Gasteiger partial charge is 0.382 e. The summed E-state index contributed by atoms with van der Waals surface area (Å²) in [7, 11) is 0. The van der Waals surface area contributed by atoms with Crippen molar-refractivity contribution in [2.45, 2.75) is 12.0 Å². The third-order valence-corrected chi connectivity index (χ3v) is 6.08. The lowest BCUT2D eigenvalue weighted by atomic mass is 9.95. The van der Waals surface area contributed by atoms with Crippen molar-refractivity contribution in [1.82, 2.24) is 4.90 Å². The summed E-state index contributed by atoms with van der Waals surface area (Å²) in [6, 6.07) is 4.57. The van der Waals surface area contributed by atoms with Crippen LogP contribution in [0.2, 0.25) is 5.02 Å². The number of ether oxygens (including phenoxy) is 1. The molecule has 0 amide bonds. The van der Waals surface area contributed by atoms with Crippen molar-refractivity contribution >= 4 is 34.7 Å². The number of non-ortho nitro benzene ring substituents is 1. The second-order valence-corrected chi connectivity index (χ2v) is 7.41. The molecule has 23 heavy (non-hydrogen) atoms. The molecule has 0 radical (unpaired) electrons. The average molecular weight is 358 g/mol. The monoisotopic (exact) mass is 357 g/mol. The molecule has 1 atom stereocenters. The molecule has 3 rings (SSSR count). The minimum Gasteiger partial charge on any atom is -0.382 e. The topological polar surface area (TPSA) is 67.6 Å². The van der Waals surface area contributed by atoms with Crippen LogP contribution < -0.4 is 5.32 Å². The molecule has 2 heterocycles. The number of anilines is 1. The first kappa shape index (κ1) is 16.8. The van der Waals surface area contributed by atoms with Crippen molar-refractivity contribution in [1.29, 1.82) is 0 Å². The Labute approximate surface area is 144 Å². The van der Waals surface area contributed by atoms with E-state index in [0.29, 0.717) is 5.02 Å². The molecular weight excluding hydrogens is 338 g/mol. The van der Waals surface area contributed by atoms with Gasteiger partial charge in [-0.3, -0.25) is 15.0 Å². The van der Waals surface area contributed by atoms with E-state index in [1.54, 1.807) is 6.07 Å². The third kappa shape index (κ3) is 3.74. The van der Waals surface area contributed by atoms with E-state index < -0.39 is 4.92 Å². The number of thioether (sulfide) groups is 1. The summed E-state index contributed by atoms with van der Waals surface area (Å²) >= 11 is 8.16. The van der Waals surface area contributed by atoms with Crippen LogP contribution in [-0.2, 0) is 4.74 Å². The van der Waals surface area contributed by atoms with E-state index in [0.717, 1.165) is 56.5 Å². The van der Waals surface area contributed by atoms with Crippen molar-refractivity contribution in [2.75, 3.05) is 49.7 Å². The van der Waals surface area contributed by atoms with Gasteiger partial charge in [-0.15, -0.1) is 0 Å². The number of nitrogens with zero attached hydrogens (tertiary/aromatic N) is 2. The summed E-state index contributed by atoms with van der Waals surface area (Å²) < 4.78 is 5.47. The summed E-state index contributed by atoms with van der Waals surface area (Å²) in [6.07, 6.45) is 1.13. The summed E-state index contributed by atoms with van der Waals surface area (Å²) in [6.45, 7) is 4.26. The summed E-state index contributed by atoms with van der Waals surface area (Å²) in [5.74, 6) is 2.25. The molecule has 1 N–H and O–H groups in total. The highest BCUT2D eigenvalue weighted by Crippen LogP contribution is 2.35. The lowest BCUT2D eigenvalue weighted by Gasteiger charge is -2.43. The smallest absolute Gasteiger partial charge is 0.271 e. The molecule has 1 aromatic rings. The molecule has 8 heteroatoms. The van der Waals surface area contributed by atoms with E-state index in [1.807, 2.05) is 11.8 Å². The van der Waals surface area contributed by atoms with Gasteiger partial charge in [-0.2, -0.15) is 11.8 Å². The van der Waals surface area contributed by atoms with Crippen molar-refractivity contribution < 1.29 is 9.66 Å². The highest BCUT2D eigenvalue weighted by molar-refractivity contribution is 7.99. The number of benzene rings is 1. The maximum atomic E-state index is 10.8. The fourth-order valence-corrected chi connectivity index (χ4v) is 4.87. The molecular formula is C15H20ClN3O3S. The van der Waals surface area contributed by atoms with E-state index >= 15 is 0 Å². The fraction of sp³-hybridized carbons (Fsp3) is 0.600. The van der Waals surface area contributed by atoms with E-state index in [2.05, 4.69) is 10.2 Å². The van der Waals surface area contributed by atoms with Crippen LogP contribution in [0.5, 0.6) is 0 Å². The van der Waals surface area contributed by atoms with Gasteiger partial charge in [-0.05, 0) is 18.2 Å². The number of halogens is 1. The maximum Gasteiger partial charge on any atom is 0.271 e. The molecule has 0 aliphatic carbocycles. The van der Waals surface area contributed by atoms with Gasteiger partial charge in [0.05, 0.1) is 28.8 Å². The average Bonchev–Trinajstić information content (AvgIpc) is 3.04. The predicted octanol–water partition coefficient (Wildman–Crippen LogP) is 2.87. The normalized spacial score (nSPS) is 25.4. The second kappa shape index (κ2) is 7.25. The predicted molar refractivity (Wildman–Crippen MR) is 93.7 cm³/mol. The first-order valence-electron chi connectivity index (χ1n) is 7.69. The summed E-state index contributed by atoms with van der Waals surface area (Å²) in [5, 5.41) is 14.6. The van der Waals surface area contributed by atoms with Crippen LogP contribution in [-0.4, -0.2) is 59.7 Å². The molecule has 0 spiro atoms. The molecule has 0 saturated carbocycles. The van der Waals surface area contributed by atoms with Crippen molar-refractivity contribution in [2.24, 2.45) is 0 Å². The van der Waals surface area contributed by atoms with E-state index in [-0.39, 0.29) is 11.2 Å². The Bertz CT molecular complexity index is 575. The first-order valence-corrected chi connectivity index (χ1v) is 9.22. The van der Waals surface area contributed by atoms with Crippen molar-refractivity contribution in [3.63, 3.8) is 0 Å².